The molecule has 7 nitrogen and oxygen atoms in total. The predicted octanol–water partition coefficient (Wildman–Crippen LogP) is 0.0729. The average Bonchev–Trinajstić information content (AvgIpc) is 3.04. The van der Waals surface area contributed by atoms with Crippen molar-refractivity contribution in [3.05, 3.63) is 23.3 Å². The molecule has 0 bridgehead atoms. The van der Waals surface area contributed by atoms with E-state index < -0.39 is 30.0 Å². The molecule has 132 valence electrons. The van der Waals surface area contributed by atoms with E-state index >= 15 is 0 Å². The molecule has 1 aromatic carbocycles. The van der Waals surface area contributed by atoms with E-state index in [0.717, 1.165) is 11.8 Å². The second-order valence-corrected chi connectivity index (χ2v) is 6.63. The zero-order chi connectivity index (χ0) is 17.5. The van der Waals surface area contributed by atoms with Crippen LogP contribution in [0.1, 0.15) is 29.3 Å². The largest absolute Gasteiger partial charge is 0.497 e. The molecular formula is C17H22O7. The van der Waals surface area contributed by atoms with Crippen LogP contribution in [0.5, 0.6) is 11.5 Å². The van der Waals surface area contributed by atoms with Crippen molar-refractivity contribution in [2.24, 2.45) is 0 Å². The number of aldehydes is 1. The third-order valence-electron chi connectivity index (χ3n) is 4.72. The van der Waals surface area contributed by atoms with Gasteiger partial charge in [0.1, 0.15) is 35.4 Å². The van der Waals surface area contributed by atoms with E-state index in [9.17, 15) is 20.1 Å². The molecule has 0 spiro atoms. The molecule has 0 amide bonds. The van der Waals surface area contributed by atoms with E-state index in [4.69, 9.17) is 14.2 Å². The highest BCUT2D eigenvalue weighted by atomic mass is 16.6. The van der Waals surface area contributed by atoms with Gasteiger partial charge in [0.25, 0.3) is 0 Å². The maximum Gasteiger partial charge on any atom is 0.153 e. The van der Waals surface area contributed by atoms with Crippen LogP contribution in [0, 0.1) is 0 Å². The van der Waals surface area contributed by atoms with Gasteiger partial charge < -0.3 is 29.5 Å². The van der Waals surface area contributed by atoms with Crippen molar-refractivity contribution in [1.29, 1.82) is 0 Å². The highest BCUT2D eigenvalue weighted by Crippen LogP contribution is 2.43. The number of aliphatic hydroxyl groups is 3. The van der Waals surface area contributed by atoms with Gasteiger partial charge >= 0.3 is 0 Å². The van der Waals surface area contributed by atoms with Crippen molar-refractivity contribution < 1.29 is 34.3 Å². The molecule has 3 N–H and O–H groups in total. The number of aliphatic hydroxyl groups excluding tert-OH is 3. The minimum Gasteiger partial charge on any atom is -0.497 e. The van der Waals surface area contributed by atoms with E-state index in [2.05, 4.69) is 0 Å². The van der Waals surface area contributed by atoms with E-state index in [1.165, 1.54) is 7.11 Å². The number of hydrogen-bond donors (Lipinski definition) is 3. The summed E-state index contributed by atoms with van der Waals surface area (Å²) in [5.41, 5.74) is 0.572. The van der Waals surface area contributed by atoms with E-state index in [1.807, 2.05) is 13.0 Å². The maximum atomic E-state index is 11.3. The molecule has 0 aromatic heterocycles. The Morgan fingerprint density at radius 2 is 2.04 bits per heavy atom. The van der Waals surface area contributed by atoms with Gasteiger partial charge in [0.05, 0.1) is 25.4 Å². The summed E-state index contributed by atoms with van der Waals surface area (Å²) in [7, 11) is 1.53. The van der Waals surface area contributed by atoms with Gasteiger partial charge in [-0.05, 0) is 19.1 Å². The van der Waals surface area contributed by atoms with Crippen molar-refractivity contribution in [3.63, 3.8) is 0 Å². The van der Waals surface area contributed by atoms with Crippen molar-refractivity contribution >= 4 is 6.29 Å². The van der Waals surface area contributed by atoms with E-state index in [-0.39, 0.29) is 6.61 Å². The molecule has 0 saturated carbocycles. The molecule has 1 aromatic rings. The first-order valence-electron chi connectivity index (χ1n) is 7.88. The number of methoxy groups -OCH3 is 1. The fourth-order valence-corrected chi connectivity index (χ4v) is 3.51. The molecule has 0 aliphatic carbocycles. The number of benzene rings is 1. The first-order chi connectivity index (χ1) is 11.4. The highest BCUT2D eigenvalue weighted by molar-refractivity contribution is 5.82. The van der Waals surface area contributed by atoms with Crippen LogP contribution in [0.15, 0.2) is 12.1 Å². The van der Waals surface area contributed by atoms with Crippen molar-refractivity contribution in [2.45, 2.75) is 49.8 Å². The Labute approximate surface area is 139 Å². The molecular weight excluding hydrogens is 316 g/mol. The van der Waals surface area contributed by atoms with Crippen LogP contribution in [-0.2, 0) is 11.2 Å². The summed E-state index contributed by atoms with van der Waals surface area (Å²) in [5, 5.41) is 29.2. The normalized spacial score (nSPS) is 34.7. The van der Waals surface area contributed by atoms with Crippen LogP contribution in [-0.4, -0.2) is 65.3 Å². The first-order valence-corrected chi connectivity index (χ1v) is 7.88. The lowest BCUT2D eigenvalue weighted by molar-refractivity contribution is -0.0487. The topological polar surface area (TPSA) is 105 Å². The molecule has 24 heavy (non-hydrogen) atoms. The molecule has 2 aliphatic heterocycles. The van der Waals surface area contributed by atoms with Crippen molar-refractivity contribution in [3.8, 4) is 11.5 Å². The summed E-state index contributed by atoms with van der Waals surface area (Å²) >= 11 is 0. The monoisotopic (exact) mass is 338 g/mol. The SMILES string of the molecule is COc1cc(C=O)c2c(c1)CC(C)(C[C@@H]1O[C@H](CO)[C@@H](O)[C@H]1O)O2. The number of ether oxygens (including phenoxy) is 3. The fourth-order valence-electron chi connectivity index (χ4n) is 3.51. The minimum absolute atomic E-state index is 0.316. The van der Waals surface area contributed by atoms with Crippen LogP contribution >= 0.6 is 0 Å². The van der Waals surface area contributed by atoms with Gasteiger partial charge in [-0.3, -0.25) is 4.79 Å². The Morgan fingerprint density at radius 1 is 1.33 bits per heavy atom. The molecule has 7 heteroatoms. The van der Waals surface area contributed by atoms with E-state index in [0.29, 0.717) is 29.9 Å². The van der Waals surface area contributed by atoms with Gasteiger partial charge in [-0.2, -0.15) is 0 Å². The van der Waals surface area contributed by atoms with Crippen molar-refractivity contribution in [2.75, 3.05) is 13.7 Å². The van der Waals surface area contributed by atoms with Crippen LogP contribution in [0.2, 0.25) is 0 Å². The Balaban J connectivity index is 1.80. The molecule has 1 fully saturated rings. The third-order valence-corrected chi connectivity index (χ3v) is 4.72. The Bertz CT molecular complexity index is 632. The maximum absolute atomic E-state index is 11.3. The number of rotatable bonds is 5. The average molecular weight is 338 g/mol. The summed E-state index contributed by atoms with van der Waals surface area (Å²) in [6, 6.07) is 3.44. The van der Waals surface area contributed by atoms with Crippen LogP contribution < -0.4 is 9.47 Å². The van der Waals surface area contributed by atoms with Gasteiger partial charge in [0, 0.05) is 18.4 Å². The number of fused-ring (bicyclic) bond motifs is 1. The lowest BCUT2D eigenvalue weighted by atomic mass is 9.90. The number of carbonyl (C=O) groups excluding carboxylic acids is 1. The van der Waals surface area contributed by atoms with Gasteiger partial charge in [-0.1, -0.05) is 0 Å². The Kier molecular flexibility index (Phi) is 4.52. The van der Waals surface area contributed by atoms with Gasteiger partial charge in [-0.15, -0.1) is 0 Å². The zero-order valence-electron chi connectivity index (χ0n) is 13.6. The lowest BCUT2D eigenvalue weighted by Crippen LogP contribution is -2.40. The van der Waals surface area contributed by atoms with Crippen LogP contribution in [0.25, 0.3) is 0 Å². The quantitative estimate of drug-likeness (QED) is 0.653. The van der Waals surface area contributed by atoms with Crippen molar-refractivity contribution in [1.82, 2.24) is 0 Å². The summed E-state index contributed by atoms with van der Waals surface area (Å²) in [6.07, 6.45) is -2.12. The molecule has 2 aliphatic rings. The summed E-state index contributed by atoms with van der Waals surface area (Å²) in [6.45, 7) is 1.50. The van der Waals surface area contributed by atoms with E-state index in [1.54, 1.807) is 6.07 Å². The molecule has 0 radical (unpaired) electrons. The molecule has 3 rings (SSSR count). The lowest BCUT2D eigenvalue weighted by Gasteiger charge is -2.28. The Hall–Kier alpha value is -1.67. The molecule has 2 heterocycles. The first kappa shape index (κ1) is 17.2. The van der Waals surface area contributed by atoms with Gasteiger partial charge in [0.15, 0.2) is 6.29 Å². The molecule has 1 unspecified atom stereocenters. The summed E-state index contributed by atoms with van der Waals surface area (Å²) < 4.78 is 16.7. The second-order valence-electron chi connectivity index (χ2n) is 6.63. The Morgan fingerprint density at radius 3 is 2.62 bits per heavy atom. The molecule has 5 atom stereocenters. The summed E-state index contributed by atoms with van der Waals surface area (Å²) in [5.74, 6) is 1.09. The smallest absolute Gasteiger partial charge is 0.153 e. The standard InChI is InChI=1S/C17H22O7/c1-17(6-12-14(20)15(21)13(8-19)23-12)5-9-3-11(22-2)4-10(7-18)16(9)24-17/h3-4,7,12-15,19-21H,5-6,8H2,1-2H3/t12-,13+,14-,15+,17?/m0/s1. The number of hydrogen-bond acceptors (Lipinski definition) is 7. The van der Waals surface area contributed by atoms with Crippen LogP contribution in [0.4, 0.5) is 0 Å². The predicted molar refractivity (Wildman–Crippen MR) is 83.5 cm³/mol. The van der Waals surface area contributed by atoms with Crippen LogP contribution in [0.3, 0.4) is 0 Å². The minimum atomic E-state index is -1.13. The third kappa shape index (κ3) is 2.88. The zero-order valence-corrected chi connectivity index (χ0v) is 13.6. The fraction of sp³-hybridized carbons (Fsp3) is 0.588. The molecule has 1 saturated heterocycles. The van der Waals surface area contributed by atoms with Gasteiger partial charge in [0.2, 0.25) is 0 Å². The van der Waals surface area contributed by atoms with Gasteiger partial charge in [-0.25, -0.2) is 0 Å². The summed E-state index contributed by atoms with van der Waals surface area (Å²) in [4.78, 5) is 11.3. The second kappa shape index (κ2) is 6.33. The number of carbonyl (C=O) groups is 1. The highest BCUT2D eigenvalue weighted by Gasteiger charge is 2.47.